The van der Waals surface area contributed by atoms with Gasteiger partial charge in [-0.15, -0.1) is 11.3 Å². The first-order chi connectivity index (χ1) is 10.9. The molecule has 0 radical (unpaired) electrons. The Balaban J connectivity index is 2.13. The molecule has 2 N–H and O–H groups in total. The number of aliphatic hydroxyl groups is 1. The maximum atomic E-state index is 11.4. The molecular formula is C17H13NO4S. The van der Waals surface area contributed by atoms with E-state index in [9.17, 15) is 20.3 Å². The Morgan fingerprint density at radius 2 is 2.09 bits per heavy atom. The lowest BCUT2D eigenvalue weighted by atomic mass is 9.69. The molecule has 1 aliphatic carbocycles. The Labute approximate surface area is 135 Å². The maximum Gasteiger partial charge on any atom is 0.315 e. The fraction of sp³-hybridized carbons (Fsp3) is 0.176. The zero-order valence-corrected chi connectivity index (χ0v) is 13.1. The predicted octanol–water partition coefficient (Wildman–Crippen LogP) is 3.62. The molecule has 0 amide bonds. The van der Waals surface area contributed by atoms with Crippen LogP contribution >= 0.6 is 11.3 Å². The lowest BCUT2D eigenvalue weighted by molar-refractivity contribution is -0.387. The summed E-state index contributed by atoms with van der Waals surface area (Å²) in [5, 5.41) is 35.8. The summed E-state index contributed by atoms with van der Waals surface area (Å²) in [6.45, 7) is 1.91. The first-order valence-electron chi connectivity index (χ1n) is 7.13. The summed E-state index contributed by atoms with van der Waals surface area (Å²) in [5.41, 5.74) is 0.407. The molecule has 4 rings (SSSR count). The van der Waals surface area contributed by atoms with Crippen LogP contribution in [0.1, 0.15) is 21.6 Å². The third-order valence-corrected chi connectivity index (χ3v) is 5.49. The van der Waals surface area contributed by atoms with E-state index in [1.165, 1.54) is 11.3 Å². The molecule has 0 bridgehead atoms. The number of aromatic hydroxyl groups is 1. The summed E-state index contributed by atoms with van der Waals surface area (Å²) in [6, 6.07) is 8.99. The van der Waals surface area contributed by atoms with Crippen molar-refractivity contribution in [1.29, 1.82) is 0 Å². The van der Waals surface area contributed by atoms with Crippen LogP contribution in [0.25, 0.3) is 10.8 Å². The van der Waals surface area contributed by atoms with Gasteiger partial charge in [-0.2, -0.15) is 0 Å². The number of hydrogen-bond acceptors (Lipinski definition) is 5. The average Bonchev–Trinajstić information content (AvgIpc) is 2.99. The molecule has 2 aromatic carbocycles. The Hall–Kier alpha value is -2.44. The summed E-state index contributed by atoms with van der Waals surface area (Å²) < 4.78 is 0. The van der Waals surface area contributed by atoms with Crippen LogP contribution < -0.4 is 0 Å². The van der Waals surface area contributed by atoms with E-state index in [1.54, 1.807) is 12.1 Å². The zero-order chi connectivity index (χ0) is 16.4. The molecule has 0 unspecified atom stereocenters. The molecule has 0 saturated carbocycles. The van der Waals surface area contributed by atoms with E-state index in [0.717, 1.165) is 10.4 Å². The molecule has 6 heteroatoms. The van der Waals surface area contributed by atoms with E-state index in [1.807, 2.05) is 30.5 Å². The molecule has 5 nitrogen and oxygen atoms in total. The van der Waals surface area contributed by atoms with Gasteiger partial charge in [0.2, 0.25) is 5.75 Å². The van der Waals surface area contributed by atoms with Crippen LogP contribution in [0.3, 0.4) is 0 Å². The van der Waals surface area contributed by atoms with Crippen LogP contribution in [-0.2, 0) is 12.0 Å². The fourth-order valence-electron chi connectivity index (χ4n) is 3.43. The lowest BCUT2D eigenvalue weighted by Crippen LogP contribution is -2.40. The second kappa shape index (κ2) is 4.53. The van der Waals surface area contributed by atoms with E-state index in [0.29, 0.717) is 21.9 Å². The second-order valence-corrected chi connectivity index (χ2v) is 6.82. The highest BCUT2D eigenvalue weighted by Crippen LogP contribution is 2.55. The standard InChI is InChI=1S/C17H13NO4S/c1-9-4-5-10-11(7-9)14-12(15(16(10)19)18(21)22)8-17(14,20)13-3-2-6-23-13/h2-7,19-20H,8H2,1H3/t17-/m0/s1. The number of thiophene rings is 1. The van der Waals surface area contributed by atoms with Crippen molar-refractivity contribution in [2.24, 2.45) is 0 Å². The molecule has 1 heterocycles. The zero-order valence-electron chi connectivity index (χ0n) is 12.2. The number of fused-ring (bicyclic) bond motifs is 3. The number of nitro benzene ring substituents is 1. The van der Waals surface area contributed by atoms with E-state index < -0.39 is 10.5 Å². The number of benzene rings is 2. The Kier molecular flexibility index (Phi) is 2.79. The molecule has 0 aliphatic heterocycles. The van der Waals surface area contributed by atoms with Crippen LogP contribution in [-0.4, -0.2) is 15.1 Å². The van der Waals surface area contributed by atoms with Gasteiger partial charge in [0.05, 0.1) is 4.92 Å². The summed E-state index contributed by atoms with van der Waals surface area (Å²) in [7, 11) is 0. The summed E-state index contributed by atoms with van der Waals surface area (Å²) in [6.07, 6.45) is 0.136. The van der Waals surface area contributed by atoms with Crippen LogP contribution in [0, 0.1) is 17.0 Å². The Morgan fingerprint density at radius 3 is 2.74 bits per heavy atom. The van der Waals surface area contributed by atoms with E-state index >= 15 is 0 Å². The predicted molar refractivity (Wildman–Crippen MR) is 88.0 cm³/mol. The van der Waals surface area contributed by atoms with Gasteiger partial charge in [0.1, 0.15) is 5.60 Å². The monoisotopic (exact) mass is 327 g/mol. The average molecular weight is 327 g/mol. The minimum Gasteiger partial charge on any atom is -0.502 e. The first-order valence-corrected chi connectivity index (χ1v) is 8.01. The molecule has 3 aromatic rings. The SMILES string of the molecule is Cc1ccc2c(O)c([N+](=O)[O-])c3c(c2c1)[C@@](O)(c1cccs1)C3. The summed E-state index contributed by atoms with van der Waals surface area (Å²) >= 11 is 1.42. The van der Waals surface area contributed by atoms with E-state index in [-0.39, 0.29) is 17.9 Å². The van der Waals surface area contributed by atoms with Crippen LogP contribution in [0.5, 0.6) is 5.75 Å². The number of aryl methyl sites for hydroxylation is 1. The second-order valence-electron chi connectivity index (χ2n) is 5.87. The molecule has 1 aromatic heterocycles. The van der Waals surface area contributed by atoms with Gasteiger partial charge in [-0.05, 0) is 23.8 Å². The van der Waals surface area contributed by atoms with Crippen molar-refractivity contribution in [3.63, 3.8) is 0 Å². The van der Waals surface area contributed by atoms with Gasteiger partial charge in [-0.25, -0.2) is 0 Å². The first kappa shape index (κ1) is 14.2. The normalized spacial score (nSPS) is 19.4. The molecule has 1 aliphatic rings. The Morgan fingerprint density at radius 1 is 1.30 bits per heavy atom. The molecule has 0 saturated heterocycles. The van der Waals surface area contributed by atoms with Crippen molar-refractivity contribution in [3.05, 3.63) is 67.4 Å². The van der Waals surface area contributed by atoms with E-state index in [2.05, 4.69) is 0 Å². The molecule has 1 atom stereocenters. The van der Waals surface area contributed by atoms with Crippen LogP contribution in [0.4, 0.5) is 5.69 Å². The van der Waals surface area contributed by atoms with Crippen LogP contribution in [0.15, 0.2) is 35.7 Å². The van der Waals surface area contributed by atoms with Gasteiger partial charge in [0.15, 0.2) is 0 Å². The topological polar surface area (TPSA) is 83.6 Å². The Bertz CT molecular complexity index is 965. The third kappa shape index (κ3) is 1.76. The van der Waals surface area contributed by atoms with E-state index in [4.69, 9.17) is 0 Å². The van der Waals surface area contributed by atoms with Crippen molar-refractivity contribution in [2.45, 2.75) is 18.9 Å². The number of nitro groups is 1. The van der Waals surface area contributed by atoms with Gasteiger partial charge in [0, 0.05) is 27.8 Å². The van der Waals surface area contributed by atoms with Crippen molar-refractivity contribution in [1.82, 2.24) is 0 Å². The third-order valence-electron chi connectivity index (χ3n) is 4.47. The largest absolute Gasteiger partial charge is 0.502 e. The molecule has 23 heavy (non-hydrogen) atoms. The van der Waals surface area contributed by atoms with Gasteiger partial charge in [-0.1, -0.05) is 29.8 Å². The molecular weight excluding hydrogens is 314 g/mol. The highest BCUT2D eigenvalue weighted by atomic mass is 32.1. The van der Waals surface area contributed by atoms with Gasteiger partial charge >= 0.3 is 5.69 Å². The van der Waals surface area contributed by atoms with Crippen molar-refractivity contribution in [3.8, 4) is 5.75 Å². The quantitative estimate of drug-likeness (QED) is 0.556. The molecule has 0 spiro atoms. The van der Waals surface area contributed by atoms with Crippen molar-refractivity contribution in [2.75, 3.05) is 0 Å². The number of phenols is 1. The number of nitrogens with zero attached hydrogens (tertiary/aromatic N) is 1. The van der Waals surface area contributed by atoms with Crippen molar-refractivity contribution >= 4 is 27.8 Å². The highest BCUT2D eigenvalue weighted by molar-refractivity contribution is 7.10. The summed E-state index contributed by atoms with van der Waals surface area (Å²) in [4.78, 5) is 11.6. The van der Waals surface area contributed by atoms with Gasteiger partial charge < -0.3 is 10.2 Å². The maximum absolute atomic E-state index is 11.4. The fourth-order valence-corrected chi connectivity index (χ4v) is 4.26. The minimum atomic E-state index is -1.23. The number of rotatable bonds is 2. The summed E-state index contributed by atoms with van der Waals surface area (Å²) in [5.74, 6) is -0.322. The number of hydrogen-bond donors (Lipinski definition) is 2. The van der Waals surface area contributed by atoms with Gasteiger partial charge in [-0.3, -0.25) is 10.1 Å². The lowest BCUT2D eigenvalue weighted by Gasteiger charge is -2.39. The molecule has 0 fully saturated rings. The highest BCUT2D eigenvalue weighted by Gasteiger charge is 2.50. The minimum absolute atomic E-state index is 0.136. The van der Waals surface area contributed by atoms with Crippen molar-refractivity contribution < 1.29 is 15.1 Å². The van der Waals surface area contributed by atoms with Crippen LogP contribution in [0.2, 0.25) is 0 Å². The van der Waals surface area contributed by atoms with Gasteiger partial charge in [0.25, 0.3) is 0 Å². The molecule has 116 valence electrons. The smallest absolute Gasteiger partial charge is 0.315 e. The number of phenolic OH excluding ortho intramolecular Hbond substituents is 1.